The summed E-state index contributed by atoms with van der Waals surface area (Å²) >= 11 is 1.29. The molecule has 0 radical (unpaired) electrons. The van der Waals surface area contributed by atoms with E-state index >= 15 is 0 Å². The summed E-state index contributed by atoms with van der Waals surface area (Å²) in [4.78, 5) is 54.3. The predicted octanol–water partition coefficient (Wildman–Crippen LogP) is 2.79. The van der Waals surface area contributed by atoms with E-state index in [0.717, 1.165) is 16.2 Å². The second-order valence-electron chi connectivity index (χ2n) is 7.54. The van der Waals surface area contributed by atoms with Crippen molar-refractivity contribution in [1.29, 1.82) is 0 Å². The third-order valence-electron chi connectivity index (χ3n) is 5.45. The Bertz CT molecular complexity index is 1030. The minimum atomic E-state index is -0.958. The number of hydrogen-bond donors (Lipinski definition) is 2. The number of esters is 1. The van der Waals surface area contributed by atoms with Gasteiger partial charge in [0.2, 0.25) is 5.91 Å². The fourth-order valence-electron chi connectivity index (χ4n) is 3.42. The number of anilines is 1. The largest absolute Gasteiger partial charge is 0.458 e. The van der Waals surface area contributed by atoms with Crippen molar-refractivity contribution in [3.05, 3.63) is 45.9 Å². The first-order chi connectivity index (χ1) is 15.3. The summed E-state index contributed by atoms with van der Waals surface area (Å²) in [5, 5.41) is 7.81. The van der Waals surface area contributed by atoms with Crippen molar-refractivity contribution in [3.63, 3.8) is 0 Å². The maximum atomic E-state index is 12.6. The Balaban J connectivity index is 1.49. The fourth-order valence-corrected chi connectivity index (χ4v) is 4.20. The van der Waals surface area contributed by atoms with E-state index in [2.05, 4.69) is 15.6 Å². The molecule has 10 heteroatoms. The molecular formula is C22H26N4O5S. The molecule has 1 aliphatic heterocycles. The molecule has 2 heterocycles. The normalized spacial score (nSPS) is 14.9. The van der Waals surface area contributed by atoms with Crippen molar-refractivity contribution in [1.82, 2.24) is 15.2 Å². The van der Waals surface area contributed by atoms with E-state index in [1.807, 2.05) is 45.0 Å². The number of carbonyl (C=O) groups is 4. The molecule has 0 aliphatic carbocycles. The van der Waals surface area contributed by atoms with E-state index < -0.39 is 30.0 Å². The summed E-state index contributed by atoms with van der Waals surface area (Å²) in [6, 6.07) is 6.90. The number of ether oxygens (including phenoxy) is 1. The van der Waals surface area contributed by atoms with Crippen LogP contribution in [0.5, 0.6) is 0 Å². The highest BCUT2D eigenvalue weighted by atomic mass is 32.1. The molecule has 1 aromatic carbocycles. The Morgan fingerprint density at radius 3 is 2.59 bits per heavy atom. The number of rotatable bonds is 9. The highest BCUT2D eigenvalue weighted by molar-refractivity contribution is 7.09. The lowest BCUT2D eigenvalue weighted by Crippen LogP contribution is -2.46. The van der Waals surface area contributed by atoms with Gasteiger partial charge in [-0.3, -0.25) is 19.3 Å². The number of thiazole rings is 1. The van der Waals surface area contributed by atoms with E-state index in [1.165, 1.54) is 11.3 Å². The van der Waals surface area contributed by atoms with Crippen LogP contribution in [0.15, 0.2) is 29.6 Å². The summed E-state index contributed by atoms with van der Waals surface area (Å²) in [6.07, 6.45) is 0.989. The number of para-hydroxylation sites is 1. The monoisotopic (exact) mass is 458 g/mol. The summed E-state index contributed by atoms with van der Waals surface area (Å²) in [5.74, 6) is -1.31. The molecule has 32 heavy (non-hydrogen) atoms. The lowest BCUT2D eigenvalue weighted by molar-refractivity contribution is -0.149. The van der Waals surface area contributed by atoms with Crippen molar-refractivity contribution in [3.8, 4) is 0 Å². The van der Waals surface area contributed by atoms with Gasteiger partial charge in [-0.1, -0.05) is 32.0 Å². The molecule has 4 amide bonds. The van der Waals surface area contributed by atoms with Crippen molar-refractivity contribution in [2.24, 2.45) is 0 Å². The Morgan fingerprint density at radius 1 is 1.22 bits per heavy atom. The Morgan fingerprint density at radius 2 is 1.94 bits per heavy atom. The zero-order valence-corrected chi connectivity index (χ0v) is 19.1. The van der Waals surface area contributed by atoms with Gasteiger partial charge in [0.15, 0.2) is 0 Å². The number of nitrogens with zero attached hydrogens (tertiary/aromatic N) is 2. The van der Waals surface area contributed by atoms with Gasteiger partial charge in [-0.2, -0.15) is 0 Å². The minimum absolute atomic E-state index is 0.103. The van der Waals surface area contributed by atoms with Gasteiger partial charge in [-0.15, -0.1) is 11.3 Å². The van der Waals surface area contributed by atoms with Gasteiger partial charge in [-0.05, 0) is 31.4 Å². The standard InChI is InChI=1S/C22H26N4O5S/c1-4-22(5-2)20(29)26(21(30)25-22)11-19(28)31-12-15-13-32-18(23-15)10-17(27)24-16-9-7-6-8-14(16)3/h6-9,13H,4-5,10-12H2,1-3H3,(H,24,27)(H,25,30). The Kier molecular flexibility index (Phi) is 7.24. The number of benzene rings is 1. The van der Waals surface area contributed by atoms with Gasteiger partial charge >= 0.3 is 12.0 Å². The van der Waals surface area contributed by atoms with E-state index in [0.29, 0.717) is 23.5 Å². The molecule has 1 aliphatic rings. The number of aryl methyl sites for hydroxylation is 1. The van der Waals surface area contributed by atoms with E-state index in [4.69, 9.17) is 4.74 Å². The fraction of sp³-hybridized carbons (Fsp3) is 0.409. The first-order valence-electron chi connectivity index (χ1n) is 10.4. The van der Waals surface area contributed by atoms with Crippen molar-refractivity contribution in [2.45, 2.75) is 52.2 Å². The van der Waals surface area contributed by atoms with Crippen LogP contribution in [0.4, 0.5) is 10.5 Å². The molecule has 0 spiro atoms. The number of amides is 4. The summed E-state index contributed by atoms with van der Waals surface area (Å²) in [7, 11) is 0. The summed E-state index contributed by atoms with van der Waals surface area (Å²) in [6.45, 7) is 4.97. The van der Waals surface area contributed by atoms with Crippen LogP contribution in [0.2, 0.25) is 0 Å². The average molecular weight is 459 g/mol. The lowest BCUT2D eigenvalue weighted by atomic mass is 9.93. The van der Waals surface area contributed by atoms with Crippen LogP contribution in [-0.4, -0.2) is 45.8 Å². The van der Waals surface area contributed by atoms with Crippen LogP contribution in [-0.2, 0) is 32.1 Å². The van der Waals surface area contributed by atoms with Crippen LogP contribution >= 0.6 is 11.3 Å². The molecule has 0 bridgehead atoms. The van der Waals surface area contributed by atoms with Gasteiger partial charge in [0, 0.05) is 11.1 Å². The minimum Gasteiger partial charge on any atom is -0.458 e. The van der Waals surface area contributed by atoms with Crippen LogP contribution in [0.1, 0.15) is 43.0 Å². The van der Waals surface area contributed by atoms with Gasteiger partial charge in [-0.25, -0.2) is 9.78 Å². The molecule has 2 aromatic rings. The SMILES string of the molecule is CCC1(CC)NC(=O)N(CC(=O)OCc2csc(CC(=O)Nc3ccccc3C)n2)C1=O. The highest BCUT2D eigenvalue weighted by Crippen LogP contribution is 2.24. The zero-order chi connectivity index (χ0) is 23.3. The molecule has 1 aromatic heterocycles. The zero-order valence-electron chi connectivity index (χ0n) is 18.3. The molecular weight excluding hydrogens is 432 g/mol. The number of urea groups is 1. The first kappa shape index (κ1) is 23.4. The predicted molar refractivity (Wildman–Crippen MR) is 119 cm³/mol. The molecule has 0 unspecified atom stereocenters. The quantitative estimate of drug-likeness (QED) is 0.441. The molecule has 0 atom stereocenters. The van der Waals surface area contributed by atoms with Gasteiger partial charge in [0.05, 0.1) is 12.1 Å². The Hall–Kier alpha value is -3.27. The highest BCUT2D eigenvalue weighted by Gasteiger charge is 2.49. The van der Waals surface area contributed by atoms with Crippen LogP contribution < -0.4 is 10.6 Å². The summed E-state index contributed by atoms with van der Waals surface area (Å²) < 4.78 is 5.18. The number of nitrogens with one attached hydrogen (secondary N) is 2. The number of aromatic nitrogens is 1. The van der Waals surface area contributed by atoms with E-state index in [9.17, 15) is 19.2 Å². The van der Waals surface area contributed by atoms with Crippen molar-refractivity contribution in [2.75, 3.05) is 11.9 Å². The topological polar surface area (TPSA) is 118 Å². The summed E-state index contributed by atoms with van der Waals surface area (Å²) in [5.41, 5.74) is 1.25. The molecule has 2 N–H and O–H groups in total. The van der Waals surface area contributed by atoms with E-state index in [1.54, 1.807) is 5.38 Å². The van der Waals surface area contributed by atoms with Gasteiger partial charge in [0.1, 0.15) is 23.7 Å². The van der Waals surface area contributed by atoms with Crippen LogP contribution in [0.25, 0.3) is 0 Å². The Labute approximate surface area is 190 Å². The third-order valence-corrected chi connectivity index (χ3v) is 6.35. The molecule has 170 valence electrons. The number of carbonyl (C=O) groups excluding carboxylic acids is 4. The molecule has 1 fully saturated rings. The smallest absolute Gasteiger partial charge is 0.326 e. The maximum absolute atomic E-state index is 12.6. The average Bonchev–Trinajstić information content (AvgIpc) is 3.31. The van der Waals surface area contributed by atoms with Crippen LogP contribution in [0, 0.1) is 6.92 Å². The first-order valence-corrected chi connectivity index (χ1v) is 11.2. The molecule has 3 rings (SSSR count). The second kappa shape index (κ2) is 9.90. The second-order valence-corrected chi connectivity index (χ2v) is 8.49. The molecule has 1 saturated heterocycles. The van der Waals surface area contributed by atoms with E-state index in [-0.39, 0.29) is 18.9 Å². The van der Waals surface area contributed by atoms with Gasteiger partial charge in [0.25, 0.3) is 5.91 Å². The molecule has 0 saturated carbocycles. The maximum Gasteiger partial charge on any atom is 0.326 e. The van der Waals surface area contributed by atoms with Crippen LogP contribution in [0.3, 0.4) is 0 Å². The van der Waals surface area contributed by atoms with Gasteiger partial charge < -0.3 is 15.4 Å². The third kappa shape index (κ3) is 5.13. The number of hydrogen-bond acceptors (Lipinski definition) is 7. The van der Waals surface area contributed by atoms with Crippen molar-refractivity contribution < 1.29 is 23.9 Å². The lowest BCUT2D eigenvalue weighted by Gasteiger charge is -2.22. The van der Waals surface area contributed by atoms with Crippen molar-refractivity contribution >= 4 is 40.8 Å². The number of imide groups is 1. The molecule has 9 nitrogen and oxygen atoms in total.